The summed E-state index contributed by atoms with van der Waals surface area (Å²) in [5.74, 6) is 0. The molecule has 0 amide bonds. The van der Waals surface area contributed by atoms with Gasteiger partial charge in [-0.2, -0.15) is 0 Å². The van der Waals surface area contributed by atoms with Gasteiger partial charge in [0.15, 0.2) is 0 Å². The first kappa shape index (κ1) is 14.7. The lowest BCUT2D eigenvalue weighted by Gasteiger charge is -2.14. The molecule has 0 aliphatic heterocycles. The Bertz CT molecular complexity index is 937. The monoisotopic (exact) mass is 308 g/mol. The molecule has 0 aromatic heterocycles. The largest absolute Gasteiger partial charge is 0.0622 e. The molecule has 0 spiro atoms. The molecule has 4 rings (SSSR count). The molecule has 0 heterocycles. The summed E-state index contributed by atoms with van der Waals surface area (Å²) in [6.07, 6.45) is 1.96. The first-order chi connectivity index (χ1) is 11.9. The fourth-order valence-corrected chi connectivity index (χ4v) is 3.37. The molecule has 0 N–H and O–H groups in total. The van der Waals surface area contributed by atoms with Gasteiger partial charge in [0, 0.05) is 0 Å². The quantitative estimate of drug-likeness (QED) is 0.432. The molecule has 0 fully saturated rings. The fraction of sp³-hybridized carbons (Fsp3) is 0.0833. The van der Waals surface area contributed by atoms with Crippen molar-refractivity contribution >= 4 is 10.8 Å². The first-order valence-electron chi connectivity index (χ1n) is 8.47. The lowest BCUT2D eigenvalue weighted by atomic mass is 9.90. The highest BCUT2D eigenvalue weighted by molar-refractivity contribution is 5.87. The molecule has 24 heavy (non-hydrogen) atoms. The molecule has 0 nitrogen and oxygen atoms in total. The van der Waals surface area contributed by atoms with E-state index < -0.39 is 0 Å². The highest BCUT2D eigenvalue weighted by Crippen LogP contribution is 2.27. The van der Waals surface area contributed by atoms with Crippen molar-refractivity contribution in [1.29, 1.82) is 0 Å². The number of fused-ring (bicyclic) bond motifs is 1. The Labute approximate surface area is 143 Å². The maximum absolute atomic E-state index is 2.30. The average molecular weight is 308 g/mol. The lowest BCUT2D eigenvalue weighted by molar-refractivity contribution is 1.11. The molecule has 0 aliphatic carbocycles. The molecular formula is C24H20. The van der Waals surface area contributed by atoms with Gasteiger partial charge in [0.25, 0.3) is 0 Å². The Morgan fingerprint density at radius 1 is 0.458 bits per heavy atom. The Kier molecular flexibility index (Phi) is 4.12. The van der Waals surface area contributed by atoms with E-state index >= 15 is 0 Å². The van der Waals surface area contributed by atoms with E-state index in [1.165, 1.54) is 33.0 Å². The number of benzene rings is 4. The standard InChI is InChI=1S/C24H20/c1-3-9-19(10-4-1)17-22-16-15-21-13-7-8-14-23(21)24(22)18-20-11-5-2-6-12-20/h1-16H,17-18H2. The van der Waals surface area contributed by atoms with Crippen LogP contribution in [0.25, 0.3) is 10.8 Å². The van der Waals surface area contributed by atoms with Crippen molar-refractivity contribution in [2.45, 2.75) is 12.8 Å². The molecule has 0 saturated carbocycles. The van der Waals surface area contributed by atoms with Gasteiger partial charge in [0.05, 0.1) is 0 Å². The summed E-state index contributed by atoms with van der Waals surface area (Å²) in [5, 5.41) is 2.69. The van der Waals surface area contributed by atoms with Crippen molar-refractivity contribution in [3.8, 4) is 0 Å². The fourth-order valence-electron chi connectivity index (χ4n) is 3.37. The second kappa shape index (κ2) is 6.72. The van der Waals surface area contributed by atoms with Gasteiger partial charge in [-0.05, 0) is 45.9 Å². The summed E-state index contributed by atoms with van der Waals surface area (Å²) in [6.45, 7) is 0. The van der Waals surface area contributed by atoms with E-state index in [0.29, 0.717) is 0 Å². The molecular weight excluding hydrogens is 288 g/mol. The molecule has 0 unspecified atom stereocenters. The van der Waals surface area contributed by atoms with Crippen LogP contribution < -0.4 is 0 Å². The number of hydrogen-bond acceptors (Lipinski definition) is 0. The predicted molar refractivity (Wildman–Crippen MR) is 102 cm³/mol. The molecule has 0 heteroatoms. The molecule has 0 atom stereocenters. The van der Waals surface area contributed by atoms with Crippen LogP contribution in [0.1, 0.15) is 22.3 Å². The SMILES string of the molecule is c1ccc(Cc2ccc3ccccc3c2Cc2ccccc2)cc1. The average Bonchev–Trinajstić information content (AvgIpc) is 2.65. The third-order valence-electron chi connectivity index (χ3n) is 4.60. The van der Waals surface area contributed by atoms with Crippen LogP contribution in [0.15, 0.2) is 97.1 Å². The zero-order valence-electron chi connectivity index (χ0n) is 13.7. The normalized spacial score (nSPS) is 10.8. The van der Waals surface area contributed by atoms with Crippen molar-refractivity contribution in [3.05, 3.63) is 119 Å². The third kappa shape index (κ3) is 3.09. The maximum atomic E-state index is 2.30. The minimum atomic E-state index is 0.977. The highest BCUT2D eigenvalue weighted by Gasteiger charge is 2.09. The second-order valence-corrected chi connectivity index (χ2v) is 6.25. The molecule has 0 saturated heterocycles. The number of hydrogen-bond donors (Lipinski definition) is 0. The van der Waals surface area contributed by atoms with Crippen LogP contribution in [-0.4, -0.2) is 0 Å². The third-order valence-corrected chi connectivity index (χ3v) is 4.60. The van der Waals surface area contributed by atoms with Gasteiger partial charge in [0.2, 0.25) is 0 Å². The van der Waals surface area contributed by atoms with Gasteiger partial charge in [-0.25, -0.2) is 0 Å². The lowest BCUT2D eigenvalue weighted by Crippen LogP contribution is -1.99. The topological polar surface area (TPSA) is 0 Å². The smallest absolute Gasteiger partial charge is 0.00168 e. The summed E-state index contributed by atoms with van der Waals surface area (Å²) in [4.78, 5) is 0. The van der Waals surface area contributed by atoms with Crippen molar-refractivity contribution < 1.29 is 0 Å². The van der Waals surface area contributed by atoms with E-state index in [9.17, 15) is 0 Å². The Morgan fingerprint density at radius 2 is 1.04 bits per heavy atom. The maximum Gasteiger partial charge on any atom is -0.00168 e. The predicted octanol–water partition coefficient (Wildman–Crippen LogP) is 6.02. The summed E-state index contributed by atoms with van der Waals surface area (Å²) in [5.41, 5.74) is 5.59. The van der Waals surface area contributed by atoms with Gasteiger partial charge in [0.1, 0.15) is 0 Å². The van der Waals surface area contributed by atoms with Crippen LogP contribution in [0.3, 0.4) is 0 Å². The van der Waals surface area contributed by atoms with E-state index in [-0.39, 0.29) is 0 Å². The summed E-state index contributed by atoms with van der Waals surface area (Å²) >= 11 is 0. The van der Waals surface area contributed by atoms with Crippen molar-refractivity contribution in [3.63, 3.8) is 0 Å². The van der Waals surface area contributed by atoms with E-state index in [2.05, 4.69) is 97.1 Å². The van der Waals surface area contributed by atoms with Gasteiger partial charge < -0.3 is 0 Å². The Morgan fingerprint density at radius 3 is 1.75 bits per heavy atom. The van der Waals surface area contributed by atoms with E-state index in [1.807, 2.05) is 0 Å². The van der Waals surface area contributed by atoms with E-state index in [1.54, 1.807) is 0 Å². The molecule has 4 aromatic rings. The summed E-state index contributed by atoms with van der Waals surface area (Å²) in [6, 6.07) is 34.8. The highest BCUT2D eigenvalue weighted by atomic mass is 14.1. The number of rotatable bonds is 4. The summed E-state index contributed by atoms with van der Waals surface area (Å²) < 4.78 is 0. The van der Waals surface area contributed by atoms with Crippen LogP contribution in [0.2, 0.25) is 0 Å². The first-order valence-corrected chi connectivity index (χ1v) is 8.47. The van der Waals surface area contributed by atoms with Crippen LogP contribution in [0.4, 0.5) is 0 Å². The van der Waals surface area contributed by atoms with Gasteiger partial charge in [-0.3, -0.25) is 0 Å². The van der Waals surface area contributed by atoms with Crippen LogP contribution >= 0.6 is 0 Å². The minimum Gasteiger partial charge on any atom is -0.0622 e. The molecule has 4 aromatic carbocycles. The second-order valence-electron chi connectivity index (χ2n) is 6.25. The molecule has 0 bridgehead atoms. The van der Waals surface area contributed by atoms with Crippen LogP contribution in [0, 0.1) is 0 Å². The Balaban J connectivity index is 1.82. The van der Waals surface area contributed by atoms with E-state index in [4.69, 9.17) is 0 Å². The van der Waals surface area contributed by atoms with Crippen LogP contribution in [-0.2, 0) is 12.8 Å². The van der Waals surface area contributed by atoms with Crippen molar-refractivity contribution in [2.75, 3.05) is 0 Å². The van der Waals surface area contributed by atoms with E-state index in [0.717, 1.165) is 12.8 Å². The van der Waals surface area contributed by atoms with Gasteiger partial charge in [-0.1, -0.05) is 97.1 Å². The molecule has 0 radical (unpaired) electrons. The minimum absolute atomic E-state index is 0.977. The van der Waals surface area contributed by atoms with Crippen molar-refractivity contribution in [2.24, 2.45) is 0 Å². The van der Waals surface area contributed by atoms with Gasteiger partial charge in [-0.15, -0.1) is 0 Å². The zero-order valence-corrected chi connectivity index (χ0v) is 13.7. The summed E-state index contributed by atoms with van der Waals surface area (Å²) in [7, 11) is 0. The van der Waals surface area contributed by atoms with Gasteiger partial charge >= 0.3 is 0 Å². The molecule has 0 aliphatic rings. The zero-order chi connectivity index (χ0) is 16.2. The Hall–Kier alpha value is -2.86. The van der Waals surface area contributed by atoms with Crippen LogP contribution in [0.5, 0.6) is 0 Å². The molecule has 116 valence electrons. The van der Waals surface area contributed by atoms with Crippen molar-refractivity contribution in [1.82, 2.24) is 0 Å².